The van der Waals surface area contributed by atoms with Gasteiger partial charge in [-0.05, 0) is 53.4 Å². The zero-order valence-corrected chi connectivity index (χ0v) is 26.7. The third-order valence-electron chi connectivity index (χ3n) is 7.86. The van der Waals surface area contributed by atoms with Gasteiger partial charge >= 0.3 is 30.7 Å². The molecule has 11 nitrogen and oxygen atoms in total. The molecule has 1 spiro atoms. The van der Waals surface area contributed by atoms with Crippen molar-refractivity contribution in [1.82, 2.24) is 20.4 Å². The van der Waals surface area contributed by atoms with Gasteiger partial charge in [-0.15, -0.1) is 13.2 Å². The van der Waals surface area contributed by atoms with Crippen molar-refractivity contribution in [1.29, 1.82) is 0 Å². The lowest BCUT2D eigenvalue weighted by Gasteiger charge is -2.42. The average molecular weight is 755 g/mol. The van der Waals surface area contributed by atoms with Crippen LogP contribution >= 0.6 is 0 Å². The number of nitrogens with zero attached hydrogens (tertiary/aromatic N) is 2. The molecule has 2 saturated heterocycles. The second-order valence-electron chi connectivity index (χ2n) is 11.4. The number of rotatable bonds is 7. The molecule has 2 aliphatic rings. The summed E-state index contributed by atoms with van der Waals surface area (Å²) in [6.45, 7) is 3.16. The van der Waals surface area contributed by atoms with Gasteiger partial charge in [-0.25, -0.2) is 9.59 Å². The van der Waals surface area contributed by atoms with Crippen LogP contribution in [0.4, 0.5) is 39.5 Å². The maximum atomic E-state index is 12.9. The summed E-state index contributed by atoms with van der Waals surface area (Å²) >= 11 is 0. The van der Waals surface area contributed by atoms with E-state index in [4.69, 9.17) is 19.8 Å². The van der Waals surface area contributed by atoms with Gasteiger partial charge in [-0.1, -0.05) is 42.5 Å². The SMILES string of the molecule is O=C(NCCN1CCC2(CC1)C(=O)NCN2Cc1cccc(OC(F)(F)F)c1)c1ccc2ccccc2c1.O=C(O)C(F)(F)F.O=C(O)C(F)(F)F. The van der Waals surface area contributed by atoms with E-state index in [1.54, 1.807) is 6.07 Å². The van der Waals surface area contributed by atoms with Crippen molar-refractivity contribution in [2.24, 2.45) is 0 Å². The molecule has 2 fully saturated rings. The van der Waals surface area contributed by atoms with Gasteiger partial charge < -0.3 is 30.5 Å². The molecule has 0 bridgehead atoms. The molecule has 0 aliphatic carbocycles. The molecular weight excluding hydrogens is 723 g/mol. The summed E-state index contributed by atoms with van der Waals surface area (Å²) in [4.78, 5) is 47.5. The van der Waals surface area contributed by atoms with Crippen LogP contribution in [0.1, 0.15) is 28.8 Å². The zero-order valence-electron chi connectivity index (χ0n) is 26.7. The van der Waals surface area contributed by atoms with E-state index in [1.165, 1.54) is 18.2 Å². The second-order valence-corrected chi connectivity index (χ2v) is 11.4. The first-order valence-electron chi connectivity index (χ1n) is 15.1. The molecule has 0 unspecified atom stereocenters. The van der Waals surface area contributed by atoms with E-state index >= 15 is 0 Å². The molecule has 2 amide bonds. The van der Waals surface area contributed by atoms with Crippen LogP contribution in [0, 0.1) is 0 Å². The van der Waals surface area contributed by atoms with Crippen LogP contribution in [0.15, 0.2) is 66.7 Å². The Morgan fingerprint density at radius 1 is 0.808 bits per heavy atom. The molecule has 5 rings (SSSR count). The van der Waals surface area contributed by atoms with Crippen LogP contribution in [0.25, 0.3) is 10.8 Å². The minimum absolute atomic E-state index is 0.0514. The number of alkyl halides is 9. The number of carbonyl (C=O) groups excluding carboxylic acids is 2. The molecule has 0 saturated carbocycles. The molecule has 0 radical (unpaired) electrons. The predicted octanol–water partition coefficient (Wildman–Crippen LogP) is 5.16. The number of piperidine rings is 1. The van der Waals surface area contributed by atoms with E-state index in [2.05, 4.69) is 20.3 Å². The van der Waals surface area contributed by atoms with Gasteiger partial charge in [0, 0.05) is 38.3 Å². The highest BCUT2D eigenvalue weighted by atomic mass is 19.4. The van der Waals surface area contributed by atoms with Gasteiger partial charge in [0.25, 0.3) is 5.91 Å². The smallest absolute Gasteiger partial charge is 0.475 e. The van der Waals surface area contributed by atoms with Crippen molar-refractivity contribution >= 4 is 34.5 Å². The fourth-order valence-electron chi connectivity index (χ4n) is 5.35. The standard InChI is InChI=1S/C28H29F3N4O3.2C2HF3O2/c29-28(30,31)38-24-7-3-4-20(16-24)18-35-19-33-26(37)27(35)10-13-34(14-11-27)15-12-32-25(36)23-9-8-21-5-1-2-6-22(21)17-23;2*3-2(4,5)1(6)7/h1-9,16-17H,10-15,18-19H2,(H,32,36)(H,33,37);2*(H,6,7). The molecule has 0 atom stereocenters. The van der Waals surface area contributed by atoms with Crippen LogP contribution < -0.4 is 15.4 Å². The van der Waals surface area contributed by atoms with Gasteiger partial charge in [-0.2, -0.15) is 26.3 Å². The third kappa shape index (κ3) is 12.0. The minimum atomic E-state index is -5.08. The quantitative estimate of drug-likeness (QED) is 0.240. The summed E-state index contributed by atoms with van der Waals surface area (Å²) in [5, 5.41) is 22.2. The van der Waals surface area contributed by atoms with Crippen LogP contribution in [-0.4, -0.2) is 101 Å². The normalized spacial score (nSPS) is 16.2. The number of ether oxygens (including phenoxy) is 1. The Labute approximate surface area is 288 Å². The van der Waals surface area contributed by atoms with E-state index in [-0.39, 0.29) is 17.6 Å². The fourth-order valence-corrected chi connectivity index (χ4v) is 5.35. The fraction of sp³-hybridized carbons (Fsp3) is 0.375. The van der Waals surface area contributed by atoms with E-state index < -0.39 is 36.2 Å². The maximum Gasteiger partial charge on any atom is 0.573 e. The van der Waals surface area contributed by atoms with E-state index in [9.17, 15) is 49.1 Å². The first-order valence-corrected chi connectivity index (χ1v) is 15.1. The molecule has 3 aromatic rings. The van der Waals surface area contributed by atoms with Crippen LogP contribution in [-0.2, 0) is 20.9 Å². The number of hydrogen-bond acceptors (Lipinski definition) is 7. The molecule has 284 valence electrons. The first kappa shape index (κ1) is 41.3. The number of hydrogen-bond donors (Lipinski definition) is 4. The first-order chi connectivity index (χ1) is 24.1. The van der Waals surface area contributed by atoms with Gasteiger partial charge in [-0.3, -0.25) is 14.5 Å². The number of carboxylic acids is 2. The Kier molecular flexibility index (Phi) is 13.5. The van der Waals surface area contributed by atoms with Crippen molar-refractivity contribution in [2.75, 3.05) is 32.8 Å². The number of benzene rings is 3. The molecule has 2 heterocycles. The Morgan fingerprint density at radius 3 is 1.94 bits per heavy atom. The predicted molar refractivity (Wildman–Crippen MR) is 164 cm³/mol. The highest BCUT2D eigenvalue weighted by Crippen LogP contribution is 2.34. The molecule has 3 aromatic carbocycles. The number of likely N-dealkylation sites (tertiary alicyclic amines) is 1. The van der Waals surface area contributed by atoms with Gasteiger partial charge in [0.2, 0.25) is 5.91 Å². The lowest BCUT2D eigenvalue weighted by molar-refractivity contribution is -0.274. The van der Waals surface area contributed by atoms with Gasteiger partial charge in [0.1, 0.15) is 11.3 Å². The molecule has 2 aliphatic heterocycles. The summed E-state index contributed by atoms with van der Waals surface area (Å²) in [6.07, 6.45) is -13.7. The Bertz CT molecular complexity index is 1700. The monoisotopic (exact) mass is 754 g/mol. The largest absolute Gasteiger partial charge is 0.573 e. The summed E-state index contributed by atoms with van der Waals surface area (Å²) in [5.41, 5.74) is 0.553. The van der Waals surface area contributed by atoms with E-state index in [0.717, 1.165) is 10.8 Å². The number of aliphatic carboxylic acids is 2. The van der Waals surface area contributed by atoms with E-state index in [0.29, 0.717) is 63.4 Å². The van der Waals surface area contributed by atoms with Crippen molar-refractivity contribution < 1.29 is 73.6 Å². The number of halogens is 9. The minimum Gasteiger partial charge on any atom is -0.475 e. The van der Waals surface area contributed by atoms with Gasteiger partial charge in [0.05, 0.1) is 6.67 Å². The van der Waals surface area contributed by atoms with Crippen molar-refractivity contribution in [2.45, 2.75) is 43.6 Å². The van der Waals surface area contributed by atoms with Crippen molar-refractivity contribution in [3.8, 4) is 5.75 Å². The Morgan fingerprint density at radius 2 is 1.38 bits per heavy atom. The average Bonchev–Trinajstić information content (AvgIpc) is 3.34. The van der Waals surface area contributed by atoms with Gasteiger partial charge in [0.15, 0.2) is 0 Å². The maximum absolute atomic E-state index is 12.9. The van der Waals surface area contributed by atoms with Crippen LogP contribution in [0.5, 0.6) is 5.75 Å². The lowest BCUT2D eigenvalue weighted by Crippen LogP contribution is -2.56. The number of fused-ring (bicyclic) bond motifs is 1. The topological polar surface area (TPSA) is 149 Å². The summed E-state index contributed by atoms with van der Waals surface area (Å²) in [5.74, 6) is -5.96. The van der Waals surface area contributed by atoms with Crippen molar-refractivity contribution in [3.63, 3.8) is 0 Å². The van der Waals surface area contributed by atoms with Crippen LogP contribution in [0.2, 0.25) is 0 Å². The number of nitrogens with one attached hydrogen (secondary N) is 2. The molecule has 0 aromatic heterocycles. The molecule has 20 heteroatoms. The zero-order chi connectivity index (χ0) is 38.9. The highest BCUT2D eigenvalue weighted by molar-refractivity contribution is 5.98. The summed E-state index contributed by atoms with van der Waals surface area (Å²) < 4.78 is 105. The lowest BCUT2D eigenvalue weighted by atomic mass is 9.85. The van der Waals surface area contributed by atoms with E-state index in [1.807, 2.05) is 47.4 Å². The van der Waals surface area contributed by atoms with Crippen LogP contribution in [0.3, 0.4) is 0 Å². The Balaban J connectivity index is 0.000000441. The number of carboxylic acid groups (broad SMARTS) is 2. The second kappa shape index (κ2) is 16.9. The number of carbonyl (C=O) groups is 4. The molecular formula is C32H31F9N4O7. The summed E-state index contributed by atoms with van der Waals surface area (Å²) in [6, 6.07) is 19.4. The Hall–Kier alpha value is -5.11. The third-order valence-corrected chi connectivity index (χ3v) is 7.86. The van der Waals surface area contributed by atoms with Crippen molar-refractivity contribution in [3.05, 3.63) is 77.9 Å². The highest BCUT2D eigenvalue weighted by Gasteiger charge is 2.50. The number of amides is 2. The molecule has 52 heavy (non-hydrogen) atoms. The molecule has 4 N–H and O–H groups in total. The summed E-state index contributed by atoms with van der Waals surface area (Å²) in [7, 11) is 0.